The second kappa shape index (κ2) is 6.79. The Bertz CT molecular complexity index is 797. The SMILES string of the molecule is NS(=O)(=O)c1ccc(CCCc2ccc(S(N)(=O)=O)cc2)cc1. The number of sulfonamides is 2. The molecule has 2 aromatic rings. The van der Waals surface area contributed by atoms with Crippen molar-refractivity contribution in [1.29, 1.82) is 0 Å². The van der Waals surface area contributed by atoms with E-state index in [0.29, 0.717) is 0 Å². The van der Waals surface area contributed by atoms with Crippen LogP contribution in [0.2, 0.25) is 0 Å². The number of nitrogens with two attached hydrogens (primary N) is 2. The van der Waals surface area contributed by atoms with Crippen molar-refractivity contribution in [3.8, 4) is 0 Å². The van der Waals surface area contributed by atoms with Gasteiger partial charge in [0.25, 0.3) is 0 Å². The number of aryl methyl sites for hydroxylation is 2. The molecule has 0 unspecified atom stereocenters. The second-order valence-corrected chi connectivity index (χ2v) is 8.35. The minimum atomic E-state index is -3.66. The highest BCUT2D eigenvalue weighted by atomic mass is 32.2. The molecular weight excluding hydrogens is 336 g/mol. The molecule has 0 aliphatic rings. The van der Waals surface area contributed by atoms with Gasteiger partial charge in [0, 0.05) is 0 Å². The first-order valence-corrected chi connectivity index (χ1v) is 9.99. The zero-order chi connectivity index (χ0) is 17.1. The molecule has 0 spiro atoms. The predicted octanol–water partition coefficient (Wildman–Crippen LogP) is 1.16. The number of hydrogen-bond donors (Lipinski definition) is 2. The smallest absolute Gasteiger partial charge is 0.225 e. The van der Waals surface area contributed by atoms with E-state index in [-0.39, 0.29) is 9.79 Å². The molecular formula is C15H18N2O4S2. The molecule has 0 radical (unpaired) electrons. The van der Waals surface area contributed by atoms with Crippen molar-refractivity contribution in [2.24, 2.45) is 10.3 Å². The third-order valence-corrected chi connectivity index (χ3v) is 5.29. The highest BCUT2D eigenvalue weighted by Gasteiger charge is 2.08. The second-order valence-electron chi connectivity index (χ2n) is 5.23. The van der Waals surface area contributed by atoms with Crippen molar-refractivity contribution >= 4 is 20.0 Å². The fourth-order valence-corrected chi connectivity index (χ4v) is 3.22. The fourth-order valence-electron chi connectivity index (χ4n) is 2.19. The van der Waals surface area contributed by atoms with Gasteiger partial charge in [0.15, 0.2) is 0 Å². The van der Waals surface area contributed by atoms with Gasteiger partial charge in [-0.05, 0) is 54.7 Å². The Kier molecular flexibility index (Phi) is 5.20. The third-order valence-electron chi connectivity index (χ3n) is 3.43. The average molecular weight is 354 g/mol. The van der Waals surface area contributed by atoms with E-state index in [2.05, 4.69) is 0 Å². The largest absolute Gasteiger partial charge is 0.238 e. The molecule has 0 aromatic heterocycles. The summed E-state index contributed by atoms with van der Waals surface area (Å²) >= 11 is 0. The Morgan fingerprint density at radius 3 is 1.17 bits per heavy atom. The Hall–Kier alpha value is -1.74. The van der Waals surface area contributed by atoms with Gasteiger partial charge in [-0.3, -0.25) is 0 Å². The van der Waals surface area contributed by atoms with Crippen LogP contribution in [0.15, 0.2) is 58.3 Å². The number of benzene rings is 2. The third kappa shape index (κ3) is 5.14. The van der Waals surface area contributed by atoms with Gasteiger partial charge in [-0.15, -0.1) is 0 Å². The summed E-state index contributed by atoms with van der Waals surface area (Å²) in [7, 11) is -7.32. The van der Waals surface area contributed by atoms with Crippen LogP contribution < -0.4 is 10.3 Å². The maximum Gasteiger partial charge on any atom is 0.238 e. The molecule has 0 saturated carbocycles. The quantitative estimate of drug-likeness (QED) is 0.808. The van der Waals surface area contributed by atoms with Gasteiger partial charge >= 0.3 is 0 Å². The van der Waals surface area contributed by atoms with Gasteiger partial charge in [0.2, 0.25) is 20.0 Å². The molecule has 0 aliphatic carbocycles. The molecule has 6 nitrogen and oxygen atoms in total. The van der Waals surface area contributed by atoms with E-state index in [0.717, 1.165) is 30.4 Å². The van der Waals surface area contributed by atoms with Gasteiger partial charge in [0.1, 0.15) is 0 Å². The maximum absolute atomic E-state index is 11.2. The lowest BCUT2D eigenvalue weighted by Crippen LogP contribution is -2.12. The summed E-state index contributed by atoms with van der Waals surface area (Å²) in [6.45, 7) is 0. The normalized spacial score (nSPS) is 12.3. The summed E-state index contributed by atoms with van der Waals surface area (Å²) in [5, 5.41) is 10.1. The summed E-state index contributed by atoms with van der Waals surface area (Å²) < 4.78 is 44.7. The maximum atomic E-state index is 11.2. The molecule has 23 heavy (non-hydrogen) atoms. The molecule has 0 bridgehead atoms. The van der Waals surface area contributed by atoms with E-state index in [1.54, 1.807) is 24.3 Å². The topological polar surface area (TPSA) is 120 Å². The average Bonchev–Trinajstić information content (AvgIpc) is 2.46. The Balaban J connectivity index is 1.92. The van der Waals surface area contributed by atoms with E-state index < -0.39 is 20.0 Å². The molecule has 0 fully saturated rings. The molecule has 8 heteroatoms. The minimum absolute atomic E-state index is 0.0971. The lowest BCUT2D eigenvalue weighted by Gasteiger charge is -2.05. The van der Waals surface area contributed by atoms with Crippen LogP contribution in [0.4, 0.5) is 0 Å². The molecule has 0 heterocycles. The minimum Gasteiger partial charge on any atom is -0.225 e. The van der Waals surface area contributed by atoms with Crippen molar-refractivity contribution in [2.45, 2.75) is 29.1 Å². The molecule has 0 amide bonds. The van der Waals surface area contributed by atoms with Crippen molar-refractivity contribution in [3.63, 3.8) is 0 Å². The van der Waals surface area contributed by atoms with Crippen LogP contribution in [0, 0.1) is 0 Å². The summed E-state index contributed by atoms with van der Waals surface area (Å²) in [6.07, 6.45) is 2.41. The molecule has 124 valence electrons. The van der Waals surface area contributed by atoms with E-state index in [9.17, 15) is 16.8 Å². The Morgan fingerprint density at radius 1 is 0.609 bits per heavy atom. The van der Waals surface area contributed by atoms with E-state index in [1.807, 2.05) is 0 Å². The molecule has 0 saturated heterocycles. The standard InChI is InChI=1S/C15H18N2O4S2/c16-22(18,19)14-8-4-12(5-9-14)2-1-3-13-6-10-15(11-7-13)23(17,20)21/h4-11H,1-3H2,(H2,16,18,19)(H2,17,20,21). The van der Waals surface area contributed by atoms with E-state index in [4.69, 9.17) is 10.3 Å². The molecule has 0 aliphatic heterocycles. The van der Waals surface area contributed by atoms with Gasteiger partial charge in [0.05, 0.1) is 9.79 Å². The van der Waals surface area contributed by atoms with Gasteiger partial charge in [-0.25, -0.2) is 27.1 Å². The van der Waals surface area contributed by atoms with E-state index >= 15 is 0 Å². The summed E-state index contributed by atoms with van der Waals surface area (Å²) in [4.78, 5) is 0.194. The highest BCUT2D eigenvalue weighted by Crippen LogP contribution is 2.14. The molecule has 2 aromatic carbocycles. The van der Waals surface area contributed by atoms with Crippen molar-refractivity contribution < 1.29 is 16.8 Å². The summed E-state index contributed by atoms with van der Waals surface area (Å²) in [5.41, 5.74) is 2.03. The van der Waals surface area contributed by atoms with Crippen LogP contribution in [-0.4, -0.2) is 16.8 Å². The van der Waals surface area contributed by atoms with Crippen molar-refractivity contribution in [1.82, 2.24) is 0 Å². The summed E-state index contributed by atoms with van der Waals surface area (Å²) in [5.74, 6) is 0. The van der Waals surface area contributed by atoms with Crippen molar-refractivity contribution in [3.05, 3.63) is 59.7 Å². The number of primary sulfonamides is 2. The van der Waals surface area contributed by atoms with Crippen molar-refractivity contribution in [2.75, 3.05) is 0 Å². The van der Waals surface area contributed by atoms with Crippen LogP contribution >= 0.6 is 0 Å². The molecule has 2 rings (SSSR count). The van der Waals surface area contributed by atoms with Crippen LogP contribution in [0.25, 0.3) is 0 Å². The Labute approximate surface area is 136 Å². The monoisotopic (exact) mass is 354 g/mol. The van der Waals surface area contributed by atoms with Gasteiger partial charge in [-0.2, -0.15) is 0 Å². The highest BCUT2D eigenvalue weighted by molar-refractivity contribution is 7.89. The van der Waals surface area contributed by atoms with Gasteiger partial charge in [-0.1, -0.05) is 24.3 Å². The van der Waals surface area contributed by atoms with Crippen LogP contribution in [-0.2, 0) is 32.9 Å². The zero-order valence-corrected chi connectivity index (χ0v) is 14.0. The predicted molar refractivity (Wildman–Crippen MR) is 87.7 cm³/mol. The van der Waals surface area contributed by atoms with E-state index in [1.165, 1.54) is 24.3 Å². The van der Waals surface area contributed by atoms with Gasteiger partial charge < -0.3 is 0 Å². The first-order valence-electron chi connectivity index (χ1n) is 6.90. The lowest BCUT2D eigenvalue weighted by molar-refractivity contribution is 0.596. The van der Waals surface area contributed by atoms with Crippen LogP contribution in [0.1, 0.15) is 17.5 Å². The van der Waals surface area contributed by atoms with Crippen LogP contribution in [0.5, 0.6) is 0 Å². The zero-order valence-electron chi connectivity index (χ0n) is 12.3. The number of rotatable bonds is 6. The molecule has 4 N–H and O–H groups in total. The van der Waals surface area contributed by atoms with Crippen LogP contribution in [0.3, 0.4) is 0 Å². The first kappa shape index (κ1) is 17.6. The summed E-state index contributed by atoms with van der Waals surface area (Å²) in [6, 6.07) is 12.9. The number of hydrogen-bond acceptors (Lipinski definition) is 4. The fraction of sp³-hybridized carbons (Fsp3) is 0.200. The Morgan fingerprint density at radius 2 is 0.913 bits per heavy atom. The lowest BCUT2D eigenvalue weighted by atomic mass is 10.0. The first-order chi connectivity index (χ1) is 10.7. The molecule has 0 atom stereocenters.